The van der Waals surface area contributed by atoms with Gasteiger partial charge in [0.1, 0.15) is 16.8 Å². The van der Waals surface area contributed by atoms with Crippen LogP contribution in [-0.4, -0.2) is 8.75 Å². The lowest BCUT2D eigenvalue weighted by Crippen LogP contribution is -1.83. The summed E-state index contributed by atoms with van der Waals surface area (Å²) in [6.07, 6.45) is 1.67. The summed E-state index contributed by atoms with van der Waals surface area (Å²) in [6.45, 7) is 2.05. The molecule has 0 N–H and O–H groups in total. The summed E-state index contributed by atoms with van der Waals surface area (Å²) in [4.78, 5) is 0. The van der Waals surface area contributed by atoms with Crippen molar-refractivity contribution < 1.29 is 4.42 Å². The van der Waals surface area contributed by atoms with Crippen molar-refractivity contribution in [1.82, 2.24) is 8.75 Å². The van der Waals surface area contributed by atoms with Crippen LogP contribution in [0, 0.1) is 6.92 Å². The number of furan rings is 1. The summed E-state index contributed by atoms with van der Waals surface area (Å²) >= 11 is 1.23. The second kappa shape index (κ2) is 3.17. The topological polar surface area (TPSA) is 38.9 Å². The molecular formula is C11H8N2OS. The number of fused-ring (bicyclic) bond motifs is 1. The number of aryl methyl sites for hydroxylation is 1. The highest BCUT2D eigenvalue weighted by Gasteiger charge is 2.12. The molecule has 0 saturated heterocycles. The van der Waals surface area contributed by atoms with Crippen molar-refractivity contribution in [3.63, 3.8) is 0 Å². The van der Waals surface area contributed by atoms with Gasteiger partial charge in [0.2, 0.25) is 0 Å². The number of hydrogen-bond donors (Lipinski definition) is 0. The third-order valence-corrected chi connectivity index (χ3v) is 2.95. The second-order valence-electron chi connectivity index (χ2n) is 3.37. The van der Waals surface area contributed by atoms with Crippen LogP contribution in [0.25, 0.3) is 22.4 Å². The minimum atomic E-state index is 0.853. The van der Waals surface area contributed by atoms with Crippen LogP contribution < -0.4 is 0 Å². The van der Waals surface area contributed by atoms with Crippen molar-refractivity contribution in [1.29, 1.82) is 0 Å². The molecule has 0 spiro atoms. The summed E-state index contributed by atoms with van der Waals surface area (Å²) in [5.74, 6) is 0.853. The Morgan fingerprint density at radius 3 is 2.93 bits per heavy atom. The average molecular weight is 216 g/mol. The average Bonchev–Trinajstić information content (AvgIpc) is 2.85. The Labute approximate surface area is 90.7 Å². The maximum atomic E-state index is 5.41. The first-order chi connectivity index (χ1) is 7.36. The molecule has 1 aromatic carbocycles. The lowest BCUT2D eigenvalue weighted by Gasteiger charge is -2.02. The zero-order chi connectivity index (χ0) is 10.3. The van der Waals surface area contributed by atoms with Gasteiger partial charge >= 0.3 is 0 Å². The van der Waals surface area contributed by atoms with Crippen molar-refractivity contribution in [2.24, 2.45) is 0 Å². The van der Waals surface area contributed by atoms with E-state index >= 15 is 0 Å². The van der Waals surface area contributed by atoms with E-state index in [1.54, 1.807) is 6.26 Å². The summed E-state index contributed by atoms with van der Waals surface area (Å²) < 4.78 is 13.9. The first-order valence-corrected chi connectivity index (χ1v) is 5.35. The molecule has 0 saturated carbocycles. The van der Waals surface area contributed by atoms with E-state index < -0.39 is 0 Å². The van der Waals surface area contributed by atoms with Gasteiger partial charge in [0.25, 0.3) is 0 Å². The predicted molar refractivity (Wildman–Crippen MR) is 59.9 cm³/mol. The molecule has 15 heavy (non-hydrogen) atoms. The molecule has 2 heterocycles. The normalized spacial score (nSPS) is 11.0. The highest BCUT2D eigenvalue weighted by molar-refractivity contribution is 7.00. The Bertz CT molecular complexity index is 598. The van der Waals surface area contributed by atoms with Crippen LogP contribution in [0.4, 0.5) is 0 Å². The van der Waals surface area contributed by atoms with Crippen LogP contribution in [0.3, 0.4) is 0 Å². The van der Waals surface area contributed by atoms with Crippen LogP contribution in [0.15, 0.2) is 34.9 Å². The fourth-order valence-corrected chi connectivity index (χ4v) is 2.23. The van der Waals surface area contributed by atoms with Crippen LogP contribution in [0.5, 0.6) is 0 Å². The van der Waals surface area contributed by atoms with E-state index in [1.807, 2.05) is 24.3 Å². The highest BCUT2D eigenvalue weighted by Crippen LogP contribution is 2.30. The molecule has 0 bridgehead atoms. The van der Waals surface area contributed by atoms with Crippen LogP contribution in [0.2, 0.25) is 0 Å². The van der Waals surface area contributed by atoms with Crippen LogP contribution in [-0.2, 0) is 0 Å². The number of hydrogen-bond acceptors (Lipinski definition) is 4. The van der Waals surface area contributed by atoms with E-state index in [1.165, 1.54) is 11.7 Å². The Morgan fingerprint density at radius 2 is 2.13 bits per heavy atom. The van der Waals surface area contributed by atoms with Gasteiger partial charge in [0, 0.05) is 5.56 Å². The molecule has 2 aromatic heterocycles. The molecule has 0 amide bonds. The van der Waals surface area contributed by atoms with Crippen LogP contribution >= 0.6 is 11.7 Å². The number of benzene rings is 1. The van der Waals surface area contributed by atoms with Gasteiger partial charge in [-0.15, -0.1) is 0 Å². The van der Waals surface area contributed by atoms with Crippen LogP contribution in [0.1, 0.15) is 5.56 Å². The molecule has 0 radical (unpaired) electrons. The van der Waals surface area contributed by atoms with E-state index in [9.17, 15) is 0 Å². The van der Waals surface area contributed by atoms with Gasteiger partial charge in [-0.2, -0.15) is 8.75 Å². The Kier molecular flexibility index (Phi) is 1.82. The quantitative estimate of drug-likeness (QED) is 0.626. The Balaban J connectivity index is 2.41. The minimum Gasteiger partial charge on any atom is -0.464 e. The number of aromatic nitrogens is 2. The summed E-state index contributed by atoms with van der Waals surface area (Å²) in [5.41, 5.74) is 4.06. The molecule has 0 aliphatic heterocycles. The first-order valence-electron chi connectivity index (χ1n) is 4.62. The molecule has 3 rings (SSSR count). The molecular weight excluding hydrogens is 208 g/mol. The third kappa shape index (κ3) is 1.26. The fraction of sp³-hybridized carbons (Fsp3) is 0.0909. The molecule has 3 aromatic rings. The molecule has 0 fully saturated rings. The lowest BCUT2D eigenvalue weighted by molar-refractivity contribution is 0.582. The van der Waals surface area contributed by atoms with Crippen molar-refractivity contribution in [2.75, 3.05) is 0 Å². The van der Waals surface area contributed by atoms with E-state index in [-0.39, 0.29) is 0 Å². The van der Waals surface area contributed by atoms with Crippen molar-refractivity contribution in [3.05, 3.63) is 36.1 Å². The Hall–Kier alpha value is -1.68. The van der Waals surface area contributed by atoms with Gasteiger partial charge in [-0.3, -0.25) is 0 Å². The maximum Gasteiger partial charge on any atom is 0.136 e. The SMILES string of the molecule is Cc1ccc2nsnc2c1-c1ccco1. The molecule has 0 unspecified atom stereocenters. The highest BCUT2D eigenvalue weighted by atomic mass is 32.1. The lowest BCUT2D eigenvalue weighted by atomic mass is 10.0. The van der Waals surface area contributed by atoms with E-state index in [0.717, 1.165) is 27.9 Å². The smallest absolute Gasteiger partial charge is 0.136 e. The van der Waals surface area contributed by atoms with E-state index in [0.29, 0.717) is 0 Å². The van der Waals surface area contributed by atoms with Crippen molar-refractivity contribution in [2.45, 2.75) is 6.92 Å². The van der Waals surface area contributed by atoms with Gasteiger partial charge < -0.3 is 4.42 Å². The van der Waals surface area contributed by atoms with E-state index in [2.05, 4.69) is 15.7 Å². The van der Waals surface area contributed by atoms with Gasteiger partial charge in [-0.05, 0) is 30.7 Å². The molecule has 0 aliphatic rings. The van der Waals surface area contributed by atoms with Gasteiger partial charge in [0.15, 0.2) is 0 Å². The van der Waals surface area contributed by atoms with E-state index in [4.69, 9.17) is 4.42 Å². The van der Waals surface area contributed by atoms with Crippen molar-refractivity contribution >= 4 is 22.8 Å². The Morgan fingerprint density at radius 1 is 1.20 bits per heavy atom. The summed E-state index contributed by atoms with van der Waals surface area (Å²) in [6, 6.07) is 7.86. The molecule has 74 valence electrons. The molecule has 3 nitrogen and oxygen atoms in total. The second-order valence-corrected chi connectivity index (χ2v) is 3.90. The van der Waals surface area contributed by atoms with Gasteiger partial charge in [-0.1, -0.05) is 6.07 Å². The minimum absolute atomic E-state index is 0.853. The largest absolute Gasteiger partial charge is 0.464 e. The van der Waals surface area contributed by atoms with Gasteiger partial charge in [-0.25, -0.2) is 0 Å². The monoisotopic (exact) mass is 216 g/mol. The number of rotatable bonds is 1. The zero-order valence-electron chi connectivity index (χ0n) is 8.10. The maximum absolute atomic E-state index is 5.41. The van der Waals surface area contributed by atoms with Gasteiger partial charge in [0.05, 0.1) is 18.0 Å². The molecule has 4 heteroatoms. The third-order valence-electron chi connectivity index (χ3n) is 2.40. The molecule has 0 atom stereocenters. The number of nitrogens with zero attached hydrogens (tertiary/aromatic N) is 2. The van der Waals surface area contributed by atoms with Crippen molar-refractivity contribution in [3.8, 4) is 11.3 Å². The predicted octanol–water partition coefficient (Wildman–Crippen LogP) is 3.26. The molecule has 0 aliphatic carbocycles. The standard InChI is InChI=1S/C11H8N2OS/c1-7-4-5-8-11(13-15-12-8)10(7)9-3-2-6-14-9/h2-6H,1H3. The summed E-state index contributed by atoms with van der Waals surface area (Å²) in [5, 5.41) is 0. The zero-order valence-corrected chi connectivity index (χ0v) is 8.91. The summed E-state index contributed by atoms with van der Waals surface area (Å²) in [7, 11) is 0. The first kappa shape index (κ1) is 8.61. The fourth-order valence-electron chi connectivity index (χ4n) is 1.68.